The number of rotatable bonds is 5. The van der Waals surface area contributed by atoms with E-state index in [1.54, 1.807) is 65.2 Å². The molecule has 0 aliphatic carbocycles. The summed E-state index contributed by atoms with van der Waals surface area (Å²) in [4.78, 5) is 30.6. The summed E-state index contributed by atoms with van der Waals surface area (Å²) in [6, 6.07) is 17.9. The number of nitrogens with zero attached hydrogens (tertiary/aromatic N) is 5. The van der Waals surface area contributed by atoms with Gasteiger partial charge in [-0.05, 0) is 43.3 Å². The molecule has 2 aromatic carbocycles. The van der Waals surface area contributed by atoms with E-state index in [-0.39, 0.29) is 11.8 Å². The highest BCUT2D eigenvalue weighted by atomic mass is 16.2. The van der Waals surface area contributed by atoms with Crippen LogP contribution in [0.1, 0.15) is 26.5 Å². The molecular weight excluding hydrogens is 442 g/mol. The smallest absolute Gasteiger partial charge is 0.276 e. The van der Waals surface area contributed by atoms with Gasteiger partial charge in [0.15, 0.2) is 5.69 Å². The minimum Gasteiger partial charge on any atom is -0.322 e. The highest BCUT2D eigenvalue weighted by molar-refractivity contribution is 6.13. The van der Waals surface area contributed by atoms with Gasteiger partial charge in [-0.2, -0.15) is 10.2 Å². The Morgan fingerprint density at radius 1 is 0.886 bits per heavy atom. The van der Waals surface area contributed by atoms with Gasteiger partial charge in [0.2, 0.25) is 0 Å². The number of amides is 2. The molecule has 0 fully saturated rings. The number of nitrogens with one attached hydrogen (secondary N) is 2. The molecule has 2 amide bonds. The maximum absolute atomic E-state index is 13.4. The van der Waals surface area contributed by atoms with Gasteiger partial charge in [0.25, 0.3) is 11.8 Å². The molecule has 0 saturated heterocycles. The van der Waals surface area contributed by atoms with Crippen molar-refractivity contribution < 1.29 is 9.59 Å². The molecule has 0 atom stereocenters. The number of carbonyl (C=O) groups excluding carboxylic acids is 2. The molecule has 0 aliphatic rings. The third-order valence-corrected chi connectivity index (χ3v) is 5.80. The van der Waals surface area contributed by atoms with Gasteiger partial charge in [-0.25, -0.2) is 4.98 Å². The van der Waals surface area contributed by atoms with Gasteiger partial charge in [0.1, 0.15) is 0 Å². The van der Waals surface area contributed by atoms with Gasteiger partial charge in [-0.3, -0.25) is 19.0 Å². The number of anilines is 2. The van der Waals surface area contributed by atoms with E-state index in [0.29, 0.717) is 28.3 Å². The molecule has 0 spiro atoms. The SMILES string of the molecule is Cc1c(-c2cc(C(=O)Nc3cccc(NC(=O)c4ccn(C)n4)c3)c3ccccc3n2)cnn1C. The van der Waals surface area contributed by atoms with E-state index in [9.17, 15) is 9.59 Å². The van der Waals surface area contributed by atoms with Gasteiger partial charge in [0, 0.05) is 48.3 Å². The van der Waals surface area contributed by atoms with Crippen LogP contribution in [0.4, 0.5) is 11.4 Å². The largest absolute Gasteiger partial charge is 0.322 e. The van der Waals surface area contributed by atoms with Crippen molar-refractivity contribution in [2.75, 3.05) is 10.6 Å². The lowest BCUT2D eigenvalue weighted by atomic mass is 10.0. The van der Waals surface area contributed by atoms with E-state index < -0.39 is 0 Å². The summed E-state index contributed by atoms with van der Waals surface area (Å²) < 4.78 is 3.34. The van der Waals surface area contributed by atoms with Crippen LogP contribution in [0.25, 0.3) is 22.2 Å². The molecule has 0 saturated carbocycles. The molecule has 0 radical (unpaired) electrons. The van der Waals surface area contributed by atoms with Gasteiger partial charge in [-0.1, -0.05) is 24.3 Å². The molecule has 35 heavy (non-hydrogen) atoms. The Hall–Kier alpha value is -4.79. The number of hydrogen-bond acceptors (Lipinski definition) is 5. The van der Waals surface area contributed by atoms with Gasteiger partial charge >= 0.3 is 0 Å². The van der Waals surface area contributed by atoms with E-state index in [1.807, 2.05) is 38.2 Å². The van der Waals surface area contributed by atoms with Crippen molar-refractivity contribution >= 4 is 34.1 Å². The van der Waals surface area contributed by atoms with Crippen molar-refractivity contribution in [1.82, 2.24) is 24.5 Å². The van der Waals surface area contributed by atoms with Gasteiger partial charge < -0.3 is 10.6 Å². The molecule has 5 rings (SSSR count). The van der Waals surface area contributed by atoms with E-state index >= 15 is 0 Å². The summed E-state index contributed by atoms with van der Waals surface area (Å²) in [6.45, 7) is 1.96. The van der Waals surface area contributed by atoms with Crippen LogP contribution < -0.4 is 10.6 Å². The first-order chi connectivity index (χ1) is 16.9. The van der Waals surface area contributed by atoms with Crippen LogP contribution in [-0.4, -0.2) is 36.4 Å². The Labute approximate surface area is 201 Å². The third kappa shape index (κ3) is 4.39. The van der Waals surface area contributed by atoms with Crippen molar-refractivity contribution in [2.24, 2.45) is 14.1 Å². The number of aryl methyl sites for hydroxylation is 2. The topological polar surface area (TPSA) is 107 Å². The summed E-state index contributed by atoms with van der Waals surface area (Å²) in [5.41, 5.74) is 5.12. The van der Waals surface area contributed by atoms with Crippen LogP contribution >= 0.6 is 0 Å². The predicted molar refractivity (Wildman–Crippen MR) is 134 cm³/mol. The van der Waals surface area contributed by atoms with Gasteiger partial charge in [-0.15, -0.1) is 0 Å². The molecule has 9 heteroatoms. The summed E-state index contributed by atoms with van der Waals surface area (Å²) in [5, 5.41) is 14.9. The summed E-state index contributed by atoms with van der Waals surface area (Å²) in [6.07, 6.45) is 3.45. The molecule has 2 N–H and O–H groups in total. The average molecular weight is 466 g/mol. The van der Waals surface area contributed by atoms with E-state index in [4.69, 9.17) is 4.98 Å². The van der Waals surface area contributed by atoms with Crippen molar-refractivity contribution in [2.45, 2.75) is 6.92 Å². The first-order valence-corrected chi connectivity index (χ1v) is 11.0. The Kier molecular flexibility index (Phi) is 5.58. The first kappa shape index (κ1) is 22.0. The molecule has 9 nitrogen and oxygen atoms in total. The van der Waals surface area contributed by atoms with E-state index in [2.05, 4.69) is 20.8 Å². The first-order valence-electron chi connectivity index (χ1n) is 11.0. The second-order valence-electron chi connectivity index (χ2n) is 8.20. The standard InChI is InChI=1S/C26H23N7O2/c1-16-21(15-27-33(16)3)24-14-20(19-9-4-5-10-22(19)30-24)25(34)28-17-7-6-8-18(13-17)29-26(35)23-11-12-32(2)31-23/h4-15H,1-3H3,(H,28,34)(H,29,35). The highest BCUT2D eigenvalue weighted by Gasteiger charge is 2.17. The van der Waals surface area contributed by atoms with Crippen molar-refractivity contribution in [3.8, 4) is 11.3 Å². The summed E-state index contributed by atoms with van der Waals surface area (Å²) in [5.74, 6) is -0.606. The summed E-state index contributed by atoms with van der Waals surface area (Å²) >= 11 is 0. The number of pyridine rings is 1. The van der Waals surface area contributed by atoms with Crippen molar-refractivity contribution in [3.63, 3.8) is 0 Å². The lowest BCUT2D eigenvalue weighted by molar-refractivity contribution is 0.101. The zero-order valence-electron chi connectivity index (χ0n) is 19.5. The van der Waals surface area contributed by atoms with E-state index in [0.717, 1.165) is 22.2 Å². The van der Waals surface area contributed by atoms with Crippen LogP contribution in [0.2, 0.25) is 0 Å². The van der Waals surface area contributed by atoms with Gasteiger partial charge in [0.05, 0.1) is 23.0 Å². The maximum Gasteiger partial charge on any atom is 0.276 e. The number of hydrogen-bond donors (Lipinski definition) is 2. The molecule has 3 heterocycles. The zero-order chi connectivity index (χ0) is 24.5. The normalized spacial score (nSPS) is 10.9. The second-order valence-corrected chi connectivity index (χ2v) is 8.20. The Morgan fingerprint density at radius 3 is 2.31 bits per heavy atom. The van der Waals surface area contributed by atoms with Crippen LogP contribution in [0.5, 0.6) is 0 Å². The monoisotopic (exact) mass is 465 g/mol. The maximum atomic E-state index is 13.4. The minimum atomic E-state index is -0.328. The predicted octanol–water partition coefficient (Wildman–Crippen LogP) is 4.18. The zero-order valence-corrected chi connectivity index (χ0v) is 19.5. The van der Waals surface area contributed by atoms with Crippen LogP contribution in [-0.2, 0) is 14.1 Å². The van der Waals surface area contributed by atoms with Crippen LogP contribution in [0, 0.1) is 6.92 Å². The lowest BCUT2D eigenvalue weighted by Gasteiger charge is -2.12. The fourth-order valence-electron chi connectivity index (χ4n) is 3.86. The fraction of sp³-hybridized carbons (Fsp3) is 0.115. The molecule has 174 valence electrons. The number of carbonyl (C=O) groups is 2. The molecular formula is C26H23N7O2. The molecule has 0 aliphatic heterocycles. The highest BCUT2D eigenvalue weighted by Crippen LogP contribution is 2.27. The van der Waals surface area contributed by atoms with Crippen molar-refractivity contribution in [1.29, 1.82) is 0 Å². The number of benzene rings is 2. The molecule has 5 aromatic rings. The fourth-order valence-corrected chi connectivity index (χ4v) is 3.86. The van der Waals surface area contributed by atoms with Crippen LogP contribution in [0.3, 0.4) is 0 Å². The number of aromatic nitrogens is 5. The average Bonchev–Trinajstić information content (AvgIpc) is 3.43. The molecule has 0 unspecified atom stereocenters. The van der Waals surface area contributed by atoms with E-state index in [1.165, 1.54) is 0 Å². The molecule has 3 aromatic heterocycles. The second kappa shape index (κ2) is 8.86. The Morgan fingerprint density at radius 2 is 1.63 bits per heavy atom. The minimum absolute atomic E-state index is 0.278. The Bertz CT molecular complexity index is 1580. The Balaban J connectivity index is 1.44. The quantitative estimate of drug-likeness (QED) is 0.405. The van der Waals surface area contributed by atoms with Crippen LogP contribution in [0.15, 0.2) is 73.1 Å². The lowest BCUT2D eigenvalue weighted by Crippen LogP contribution is -2.15. The number of fused-ring (bicyclic) bond motifs is 1. The number of para-hydroxylation sites is 1. The summed E-state index contributed by atoms with van der Waals surface area (Å²) in [7, 11) is 3.61. The van der Waals surface area contributed by atoms with Crippen molar-refractivity contribution in [3.05, 3.63) is 90.0 Å². The third-order valence-electron chi connectivity index (χ3n) is 5.80. The molecule has 0 bridgehead atoms.